The number of hydrogen-bond acceptors (Lipinski definition) is 6. The quantitative estimate of drug-likeness (QED) is 0.318. The molecule has 6 rings (SSSR count). The van der Waals surface area contributed by atoms with Crippen molar-refractivity contribution in [3.63, 3.8) is 0 Å². The van der Waals surface area contributed by atoms with Gasteiger partial charge in [-0.05, 0) is 109 Å². The van der Waals surface area contributed by atoms with Gasteiger partial charge in [0.1, 0.15) is 18.3 Å². The lowest BCUT2D eigenvalue weighted by Crippen LogP contribution is -2.66. The van der Waals surface area contributed by atoms with Crippen molar-refractivity contribution < 1.29 is 34.7 Å². The topological polar surface area (TPSA) is 116 Å². The Morgan fingerprint density at radius 3 is 2.21 bits per heavy atom. The fourth-order valence-corrected chi connectivity index (χ4v) is 12.1. The minimum Gasteiger partial charge on any atom is -0.481 e. The molecular weight excluding hydrogens is 532 g/mol. The lowest BCUT2D eigenvalue weighted by Gasteiger charge is -2.71. The molecular formula is C35H56O7. The molecule has 1 heterocycles. The number of carbonyl (C=O) groups is 1. The minimum absolute atomic E-state index is 0.0478. The Labute approximate surface area is 252 Å². The van der Waals surface area contributed by atoms with Gasteiger partial charge in [0.2, 0.25) is 0 Å². The standard InChI is InChI=1S/C35H56O7/c1-30(2)14-16-35(29(39)40)17-15-33(6)20(21(35)18-30)8-9-24-32(5)12-11-25(31(3,4)23(32)10-13-34(24,33)7)42-28-27(38)26(37)22(19-36)41-28/h8-9,20-28,36-38H,10-19H2,1-7H3,(H,39,40)/t20-,21+,22-,23+,24+,25+,26-,27+,28-,32+,33-,34-,35-/m1/s1. The number of rotatable bonds is 4. The predicted molar refractivity (Wildman–Crippen MR) is 159 cm³/mol. The Balaban J connectivity index is 1.30. The van der Waals surface area contributed by atoms with Crippen LogP contribution in [0.15, 0.2) is 12.2 Å². The van der Waals surface area contributed by atoms with Crippen LogP contribution in [-0.4, -0.2) is 63.7 Å². The van der Waals surface area contributed by atoms with Crippen molar-refractivity contribution in [1.29, 1.82) is 0 Å². The Morgan fingerprint density at radius 2 is 1.57 bits per heavy atom. The second-order valence-electron chi connectivity index (χ2n) is 17.4. The van der Waals surface area contributed by atoms with E-state index in [2.05, 4.69) is 60.6 Å². The molecule has 13 atom stereocenters. The van der Waals surface area contributed by atoms with E-state index >= 15 is 0 Å². The Morgan fingerprint density at radius 1 is 0.881 bits per heavy atom. The van der Waals surface area contributed by atoms with Crippen molar-refractivity contribution in [1.82, 2.24) is 0 Å². The molecule has 0 amide bonds. The molecule has 0 unspecified atom stereocenters. The van der Waals surface area contributed by atoms with Crippen molar-refractivity contribution in [2.45, 2.75) is 137 Å². The molecule has 0 radical (unpaired) electrons. The van der Waals surface area contributed by atoms with Gasteiger partial charge in [0.25, 0.3) is 0 Å². The molecule has 1 aliphatic heterocycles. The van der Waals surface area contributed by atoms with E-state index < -0.39 is 36.0 Å². The second-order valence-corrected chi connectivity index (χ2v) is 17.4. The summed E-state index contributed by atoms with van der Waals surface area (Å²) in [5.74, 6) is 0.680. The highest BCUT2D eigenvalue weighted by atomic mass is 16.7. The third-order valence-electron chi connectivity index (χ3n) is 14.8. The zero-order valence-corrected chi connectivity index (χ0v) is 26.9. The highest BCUT2D eigenvalue weighted by Crippen LogP contribution is 2.75. The predicted octanol–water partition coefficient (Wildman–Crippen LogP) is 5.55. The van der Waals surface area contributed by atoms with Gasteiger partial charge in [0.05, 0.1) is 18.1 Å². The van der Waals surface area contributed by atoms with Crippen LogP contribution >= 0.6 is 0 Å². The summed E-state index contributed by atoms with van der Waals surface area (Å²) in [5.41, 5.74) is -0.409. The summed E-state index contributed by atoms with van der Waals surface area (Å²) >= 11 is 0. The van der Waals surface area contributed by atoms with Crippen LogP contribution in [-0.2, 0) is 14.3 Å². The average Bonchev–Trinajstić information content (AvgIpc) is 3.18. The number of fused-ring (bicyclic) bond motifs is 7. The molecule has 4 N–H and O–H groups in total. The van der Waals surface area contributed by atoms with Gasteiger partial charge in [-0.25, -0.2) is 0 Å². The van der Waals surface area contributed by atoms with E-state index in [4.69, 9.17) is 9.47 Å². The second kappa shape index (κ2) is 9.75. The van der Waals surface area contributed by atoms with E-state index in [0.717, 1.165) is 57.8 Å². The van der Waals surface area contributed by atoms with Crippen molar-refractivity contribution in [3.05, 3.63) is 12.2 Å². The lowest BCUT2D eigenvalue weighted by molar-refractivity contribution is -0.261. The Hall–Kier alpha value is -0.990. The van der Waals surface area contributed by atoms with Crippen LogP contribution in [0.2, 0.25) is 0 Å². The van der Waals surface area contributed by atoms with Crippen LogP contribution < -0.4 is 0 Å². The van der Waals surface area contributed by atoms with Gasteiger partial charge < -0.3 is 29.9 Å². The van der Waals surface area contributed by atoms with Gasteiger partial charge in [-0.1, -0.05) is 60.6 Å². The summed E-state index contributed by atoms with van der Waals surface area (Å²) in [6.07, 6.45) is 9.35. The number of carboxylic acids is 1. The van der Waals surface area contributed by atoms with Crippen LogP contribution in [0.1, 0.15) is 106 Å². The van der Waals surface area contributed by atoms with Crippen molar-refractivity contribution in [3.8, 4) is 0 Å². The molecule has 5 fully saturated rings. The van der Waals surface area contributed by atoms with Crippen molar-refractivity contribution in [2.24, 2.45) is 56.2 Å². The highest BCUT2D eigenvalue weighted by Gasteiger charge is 2.70. The number of carboxylic acid groups (broad SMARTS) is 1. The SMILES string of the molecule is CC1(C)CC[C@@]2(C(=O)O)CC[C@]3(C)[C@H](C=C[C@H]4[C@@]5(C)CC[C@H](O[C@H]6O[C@H](CO)[C@@H](O)[C@@H]6O)C(C)(C)[C@@H]5CC[C@]43C)[C@@H]2C1. The van der Waals surface area contributed by atoms with Crippen molar-refractivity contribution in [2.75, 3.05) is 6.61 Å². The van der Waals surface area contributed by atoms with E-state index in [9.17, 15) is 25.2 Å². The molecule has 0 spiro atoms. The molecule has 4 saturated carbocycles. The number of allylic oxidation sites excluding steroid dienone is 2. The Bertz CT molecular complexity index is 1120. The van der Waals surface area contributed by atoms with E-state index in [1.165, 1.54) is 0 Å². The first kappa shape index (κ1) is 31.0. The third kappa shape index (κ3) is 4.05. The van der Waals surface area contributed by atoms with E-state index in [-0.39, 0.29) is 51.6 Å². The van der Waals surface area contributed by atoms with Crippen LogP contribution in [0.5, 0.6) is 0 Å². The van der Waals surface area contributed by atoms with E-state index in [0.29, 0.717) is 11.8 Å². The van der Waals surface area contributed by atoms with E-state index in [1.54, 1.807) is 0 Å². The number of aliphatic hydroxyl groups excluding tert-OH is 3. The van der Waals surface area contributed by atoms with Crippen LogP contribution in [0, 0.1) is 56.2 Å². The monoisotopic (exact) mass is 588 g/mol. The van der Waals surface area contributed by atoms with Gasteiger partial charge >= 0.3 is 5.97 Å². The summed E-state index contributed by atoms with van der Waals surface area (Å²) in [6, 6.07) is 0. The van der Waals surface area contributed by atoms with Crippen molar-refractivity contribution >= 4 is 5.97 Å². The first-order chi connectivity index (χ1) is 19.5. The first-order valence-electron chi connectivity index (χ1n) is 16.7. The Kier molecular flexibility index (Phi) is 7.20. The molecule has 0 bridgehead atoms. The summed E-state index contributed by atoms with van der Waals surface area (Å²) in [5, 5.41) is 41.0. The van der Waals surface area contributed by atoms with Gasteiger partial charge in [-0.2, -0.15) is 0 Å². The average molecular weight is 589 g/mol. The zero-order valence-electron chi connectivity index (χ0n) is 26.9. The molecule has 1 saturated heterocycles. The van der Waals surface area contributed by atoms with Crippen LogP contribution in [0.3, 0.4) is 0 Å². The maximum Gasteiger partial charge on any atom is 0.309 e. The molecule has 238 valence electrons. The fraction of sp³-hybridized carbons (Fsp3) is 0.914. The van der Waals surface area contributed by atoms with Gasteiger partial charge in [-0.15, -0.1) is 0 Å². The third-order valence-corrected chi connectivity index (χ3v) is 14.8. The summed E-state index contributed by atoms with van der Waals surface area (Å²) in [6.45, 7) is 16.4. The number of ether oxygens (including phenoxy) is 2. The summed E-state index contributed by atoms with van der Waals surface area (Å²) in [7, 11) is 0. The maximum atomic E-state index is 12.9. The summed E-state index contributed by atoms with van der Waals surface area (Å²) < 4.78 is 12.2. The lowest BCUT2D eigenvalue weighted by atomic mass is 9.33. The molecule has 0 aromatic carbocycles. The first-order valence-corrected chi connectivity index (χ1v) is 16.7. The minimum atomic E-state index is -1.17. The molecule has 0 aromatic rings. The van der Waals surface area contributed by atoms with Gasteiger partial charge in [-0.3, -0.25) is 4.79 Å². The molecule has 42 heavy (non-hydrogen) atoms. The zero-order chi connectivity index (χ0) is 30.7. The van der Waals surface area contributed by atoms with Gasteiger partial charge in [0, 0.05) is 0 Å². The van der Waals surface area contributed by atoms with Crippen LogP contribution in [0.25, 0.3) is 0 Å². The molecule has 5 aliphatic carbocycles. The molecule has 6 aliphatic rings. The number of aliphatic carboxylic acids is 1. The maximum absolute atomic E-state index is 12.9. The highest BCUT2D eigenvalue weighted by molar-refractivity contribution is 5.75. The number of aliphatic hydroxyl groups is 3. The van der Waals surface area contributed by atoms with Crippen LogP contribution in [0.4, 0.5) is 0 Å². The molecule has 7 heteroatoms. The largest absolute Gasteiger partial charge is 0.481 e. The summed E-state index contributed by atoms with van der Waals surface area (Å²) in [4.78, 5) is 12.9. The smallest absolute Gasteiger partial charge is 0.309 e. The molecule has 7 nitrogen and oxygen atoms in total. The molecule has 0 aromatic heterocycles. The fourth-order valence-electron chi connectivity index (χ4n) is 12.1. The van der Waals surface area contributed by atoms with E-state index in [1.807, 2.05) is 0 Å². The normalized spacial score (nSPS) is 54.3. The number of hydrogen-bond donors (Lipinski definition) is 4. The van der Waals surface area contributed by atoms with Gasteiger partial charge in [0.15, 0.2) is 6.29 Å².